The molecular formula is C17H19FN2O. The molecule has 21 heavy (non-hydrogen) atoms. The van der Waals surface area contributed by atoms with Gasteiger partial charge in [-0.25, -0.2) is 4.39 Å². The fraction of sp³-hybridized carbons (Fsp3) is 0.529. The minimum atomic E-state index is -0.390. The summed E-state index contributed by atoms with van der Waals surface area (Å²) in [4.78, 5) is 12.5. The van der Waals surface area contributed by atoms with Crippen LogP contribution >= 0.6 is 0 Å². The fourth-order valence-corrected chi connectivity index (χ4v) is 3.68. The summed E-state index contributed by atoms with van der Waals surface area (Å²) in [5.74, 6) is -0.189. The monoisotopic (exact) mass is 286 g/mol. The van der Waals surface area contributed by atoms with Crippen molar-refractivity contribution >= 4 is 5.78 Å². The van der Waals surface area contributed by atoms with E-state index < -0.39 is 0 Å². The van der Waals surface area contributed by atoms with Crippen molar-refractivity contribution in [1.29, 1.82) is 5.26 Å². The predicted octanol–water partition coefficient (Wildman–Crippen LogP) is 2.73. The molecule has 3 nitrogen and oxygen atoms in total. The van der Waals surface area contributed by atoms with E-state index in [2.05, 4.69) is 5.32 Å². The van der Waals surface area contributed by atoms with Crippen molar-refractivity contribution < 1.29 is 9.18 Å². The third-order valence-electron chi connectivity index (χ3n) is 4.72. The van der Waals surface area contributed by atoms with E-state index in [-0.39, 0.29) is 23.9 Å². The summed E-state index contributed by atoms with van der Waals surface area (Å²) >= 11 is 0. The number of hydrogen-bond donors (Lipinski definition) is 1. The van der Waals surface area contributed by atoms with E-state index >= 15 is 0 Å². The first kappa shape index (κ1) is 14.2. The molecule has 0 aliphatic carbocycles. The number of nitrogens with zero attached hydrogens (tertiary/aromatic N) is 1. The lowest BCUT2D eigenvalue weighted by Crippen LogP contribution is -2.50. The van der Waals surface area contributed by atoms with Gasteiger partial charge in [0.2, 0.25) is 0 Å². The second-order valence-corrected chi connectivity index (χ2v) is 6.22. The molecule has 2 atom stereocenters. The van der Waals surface area contributed by atoms with Crippen LogP contribution in [0.1, 0.15) is 43.2 Å². The zero-order valence-corrected chi connectivity index (χ0v) is 11.9. The number of carbonyl (C=O) groups excluding carboxylic acids is 1. The minimum absolute atomic E-state index is 0.0522. The number of hydrogen-bond acceptors (Lipinski definition) is 3. The second kappa shape index (κ2) is 5.95. The first-order chi connectivity index (χ1) is 10.2. The normalized spacial score (nSPS) is 27.9. The number of nitrogens with one attached hydrogen (secondary N) is 1. The Morgan fingerprint density at radius 3 is 2.71 bits per heavy atom. The molecule has 2 aliphatic rings. The minimum Gasteiger partial charge on any atom is -0.311 e. The van der Waals surface area contributed by atoms with Gasteiger partial charge in [0.1, 0.15) is 11.6 Å². The Labute approximate surface area is 124 Å². The average Bonchev–Trinajstić information content (AvgIpc) is 2.47. The second-order valence-electron chi connectivity index (χ2n) is 6.22. The molecule has 0 amide bonds. The Morgan fingerprint density at radius 1 is 1.33 bits per heavy atom. The van der Waals surface area contributed by atoms with Crippen molar-refractivity contribution in [2.24, 2.45) is 5.92 Å². The van der Waals surface area contributed by atoms with Crippen LogP contribution < -0.4 is 5.32 Å². The highest BCUT2D eigenvalue weighted by Gasteiger charge is 2.34. The quantitative estimate of drug-likeness (QED) is 0.929. The molecule has 110 valence electrons. The lowest BCUT2D eigenvalue weighted by molar-refractivity contribution is -0.124. The van der Waals surface area contributed by atoms with Crippen molar-refractivity contribution in [3.05, 3.63) is 35.1 Å². The SMILES string of the molecule is N#Cc1ccc(F)cc1CC(=O)C1CC2CCCC(C1)N2. The molecule has 3 rings (SSSR count). The molecule has 1 aromatic carbocycles. The fourth-order valence-electron chi connectivity index (χ4n) is 3.68. The number of halogens is 1. The van der Waals surface area contributed by atoms with Gasteiger partial charge in [-0.05, 0) is 49.4 Å². The molecule has 0 spiro atoms. The molecule has 1 N–H and O–H groups in total. The van der Waals surface area contributed by atoms with E-state index in [1.54, 1.807) is 0 Å². The van der Waals surface area contributed by atoms with Crippen LogP contribution in [-0.2, 0) is 11.2 Å². The maximum Gasteiger partial charge on any atom is 0.140 e. The molecule has 2 fully saturated rings. The number of carbonyl (C=O) groups is 1. The van der Waals surface area contributed by atoms with Crippen LogP contribution in [0.5, 0.6) is 0 Å². The number of Topliss-reactive ketones (excluding diaryl/α,β-unsaturated/α-hetero) is 1. The Bertz CT molecular complexity index is 581. The maximum atomic E-state index is 13.3. The van der Waals surface area contributed by atoms with E-state index in [1.807, 2.05) is 6.07 Å². The van der Waals surface area contributed by atoms with Gasteiger partial charge in [0.05, 0.1) is 11.6 Å². The van der Waals surface area contributed by atoms with E-state index in [9.17, 15) is 9.18 Å². The largest absolute Gasteiger partial charge is 0.311 e. The number of ketones is 1. The Balaban J connectivity index is 1.72. The Morgan fingerprint density at radius 2 is 2.05 bits per heavy atom. The molecule has 2 aliphatic heterocycles. The predicted molar refractivity (Wildman–Crippen MR) is 77.1 cm³/mol. The van der Waals surface area contributed by atoms with Crippen molar-refractivity contribution in [3.8, 4) is 6.07 Å². The summed E-state index contributed by atoms with van der Waals surface area (Å²) < 4.78 is 13.3. The molecule has 0 aromatic heterocycles. The Hall–Kier alpha value is -1.73. The number of piperidine rings is 2. The van der Waals surface area contributed by atoms with Crippen molar-refractivity contribution in [2.45, 2.75) is 50.6 Å². The smallest absolute Gasteiger partial charge is 0.140 e. The maximum absolute atomic E-state index is 13.3. The molecule has 4 heteroatoms. The van der Waals surface area contributed by atoms with Crippen molar-refractivity contribution in [1.82, 2.24) is 5.32 Å². The third-order valence-corrected chi connectivity index (χ3v) is 4.72. The summed E-state index contributed by atoms with van der Waals surface area (Å²) in [6, 6.07) is 6.98. The van der Waals surface area contributed by atoms with Gasteiger partial charge in [-0.1, -0.05) is 6.42 Å². The van der Waals surface area contributed by atoms with Gasteiger partial charge in [-0.3, -0.25) is 4.79 Å². The van der Waals surface area contributed by atoms with Gasteiger partial charge in [0, 0.05) is 24.4 Å². The van der Waals surface area contributed by atoms with E-state index in [1.165, 1.54) is 24.6 Å². The van der Waals surface area contributed by atoms with Crippen LogP contribution in [0.4, 0.5) is 4.39 Å². The number of fused-ring (bicyclic) bond motifs is 2. The van der Waals surface area contributed by atoms with Crippen LogP contribution in [0.15, 0.2) is 18.2 Å². The van der Waals surface area contributed by atoms with Crippen molar-refractivity contribution in [2.75, 3.05) is 0 Å². The lowest BCUT2D eigenvalue weighted by Gasteiger charge is -2.39. The van der Waals surface area contributed by atoms with Crippen LogP contribution in [0.2, 0.25) is 0 Å². The summed E-state index contributed by atoms with van der Waals surface area (Å²) in [5, 5.41) is 12.6. The number of benzene rings is 1. The van der Waals surface area contributed by atoms with Gasteiger partial charge in [-0.2, -0.15) is 5.26 Å². The first-order valence-electron chi connectivity index (χ1n) is 7.63. The lowest BCUT2D eigenvalue weighted by atomic mass is 9.77. The zero-order valence-electron chi connectivity index (χ0n) is 11.9. The third kappa shape index (κ3) is 3.14. The number of rotatable bonds is 3. The molecule has 2 bridgehead atoms. The highest BCUT2D eigenvalue weighted by Crippen LogP contribution is 2.31. The summed E-state index contributed by atoms with van der Waals surface area (Å²) in [6.45, 7) is 0. The van der Waals surface area contributed by atoms with Gasteiger partial charge in [0.25, 0.3) is 0 Å². The van der Waals surface area contributed by atoms with E-state index in [0.29, 0.717) is 23.2 Å². The van der Waals surface area contributed by atoms with Gasteiger partial charge in [0.15, 0.2) is 0 Å². The molecule has 1 aromatic rings. The van der Waals surface area contributed by atoms with E-state index in [4.69, 9.17) is 5.26 Å². The molecule has 0 radical (unpaired) electrons. The summed E-state index contributed by atoms with van der Waals surface area (Å²) in [7, 11) is 0. The Kier molecular flexibility index (Phi) is 4.03. The van der Waals surface area contributed by atoms with Gasteiger partial charge >= 0.3 is 0 Å². The van der Waals surface area contributed by atoms with Gasteiger partial charge < -0.3 is 5.32 Å². The van der Waals surface area contributed by atoms with Crippen LogP contribution in [0.25, 0.3) is 0 Å². The standard InChI is InChI=1S/C17H19FN2O/c18-14-5-4-11(10-19)12(6-14)9-17(21)13-7-15-2-1-3-16(8-13)20-15/h4-6,13,15-16,20H,1-3,7-9H2. The van der Waals surface area contributed by atoms with Gasteiger partial charge in [-0.15, -0.1) is 0 Å². The molecule has 0 saturated carbocycles. The van der Waals surface area contributed by atoms with E-state index in [0.717, 1.165) is 25.7 Å². The van der Waals surface area contributed by atoms with Crippen molar-refractivity contribution in [3.63, 3.8) is 0 Å². The molecular weight excluding hydrogens is 267 g/mol. The van der Waals surface area contributed by atoms with Crippen LogP contribution in [-0.4, -0.2) is 17.9 Å². The topological polar surface area (TPSA) is 52.9 Å². The molecule has 2 heterocycles. The average molecular weight is 286 g/mol. The number of nitriles is 1. The summed E-state index contributed by atoms with van der Waals surface area (Å²) in [6.07, 6.45) is 5.46. The zero-order chi connectivity index (χ0) is 14.8. The highest BCUT2D eigenvalue weighted by atomic mass is 19.1. The summed E-state index contributed by atoms with van der Waals surface area (Å²) in [5.41, 5.74) is 0.921. The van der Waals surface area contributed by atoms with Crippen LogP contribution in [0.3, 0.4) is 0 Å². The first-order valence-corrected chi connectivity index (χ1v) is 7.63. The van der Waals surface area contributed by atoms with Crippen LogP contribution in [0, 0.1) is 23.1 Å². The molecule has 2 saturated heterocycles. The molecule has 2 unspecified atom stereocenters. The highest BCUT2D eigenvalue weighted by molar-refractivity contribution is 5.84.